The predicted octanol–water partition coefficient (Wildman–Crippen LogP) is 7.18. The van der Waals surface area contributed by atoms with E-state index in [1.807, 2.05) is 30.3 Å². The lowest BCUT2D eigenvalue weighted by Crippen LogP contribution is -2.64. The summed E-state index contributed by atoms with van der Waals surface area (Å²) < 4.78 is 51.7. The van der Waals surface area contributed by atoms with Crippen LogP contribution in [0.4, 0.5) is 0 Å². The number of fused-ring (bicyclic) bond motifs is 1. The van der Waals surface area contributed by atoms with Crippen LogP contribution in [0.3, 0.4) is 0 Å². The number of nitrogens with one attached hydrogen (secondary N) is 1. The van der Waals surface area contributed by atoms with E-state index in [1.165, 1.54) is 0 Å². The van der Waals surface area contributed by atoms with Crippen LogP contribution in [0, 0.1) is 0 Å². The van der Waals surface area contributed by atoms with Crippen molar-refractivity contribution in [3.05, 3.63) is 46.3 Å². The molecule has 1 N–H and O–H groups in total. The van der Waals surface area contributed by atoms with Gasteiger partial charge in [0.05, 0.1) is 31.5 Å². The van der Waals surface area contributed by atoms with Gasteiger partial charge in [-0.25, -0.2) is 0 Å². The fraction of sp³-hybridized carbons (Fsp3) is 0.816. The van der Waals surface area contributed by atoms with E-state index < -0.39 is 55.2 Å². The molecule has 2 heterocycles. The molecule has 0 saturated carbocycles. The number of azide groups is 1. The minimum Gasteiger partial charge on any atom is -0.376 e. The Morgan fingerprint density at radius 2 is 1.53 bits per heavy atom. The molecule has 2 aliphatic heterocycles. The smallest absolute Gasteiger partial charge is 0.219 e. The summed E-state index contributed by atoms with van der Waals surface area (Å²) in [5, 5.41) is 6.88. The molecule has 2 aliphatic rings. The van der Waals surface area contributed by atoms with E-state index in [9.17, 15) is 10.3 Å². The zero-order valence-corrected chi connectivity index (χ0v) is 31.6. The van der Waals surface area contributed by atoms with E-state index in [1.54, 1.807) is 7.05 Å². The van der Waals surface area contributed by atoms with Crippen molar-refractivity contribution < 1.29 is 42.7 Å². The lowest BCUT2D eigenvalue weighted by molar-refractivity contribution is -0.371. The van der Waals surface area contributed by atoms with Gasteiger partial charge in [0.1, 0.15) is 24.4 Å². The van der Waals surface area contributed by atoms with E-state index in [4.69, 9.17) is 37.9 Å². The van der Waals surface area contributed by atoms with Crippen LogP contribution in [0.15, 0.2) is 35.4 Å². The zero-order chi connectivity index (χ0) is 36.7. The molecular formula is C38H64N4O9. The van der Waals surface area contributed by atoms with Gasteiger partial charge >= 0.3 is 0 Å². The summed E-state index contributed by atoms with van der Waals surface area (Å²) >= 11 is 0. The van der Waals surface area contributed by atoms with Crippen LogP contribution in [-0.2, 0) is 42.7 Å². The Hall–Kier alpha value is -2.32. The molecule has 1 aromatic rings. The van der Waals surface area contributed by atoms with Crippen LogP contribution in [0.1, 0.15) is 110 Å². The van der Waals surface area contributed by atoms with Crippen LogP contribution in [0.5, 0.6) is 0 Å². The number of nitrogens with zero attached hydrogens (tertiary/aromatic N) is 3. The number of carbonyl (C=O) groups is 1. The van der Waals surface area contributed by atoms with Gasteiger partial charge in [-0.05, 0) is 44.1 Å². The summed E-state index contributed by atoms with van der Waals surface area (Å²) in [7, 11) is 1.63. The van der Waals surface area contributed by atoms with E-state index in [0.717, 1.165) is 56.9 Å². The van der Waals surface area contributed by atoms with Gasteiger partial charge in [0.25, 0.3) is 0 Å². The van der Waals surface area contributed by atoms with Crippen LogP contribution >= 0.6 is 0 Å². The number of rotatable bonds is 27. The first kappa shape index (κ1) is 43.1. The third kappa shape index (κ3) is 14.6. The first-order valence-corrected chi connectivity index (χ1v) is 19.3. The van der Waals surface area contributed by atoms with E-state index in [0.29, 0.717) is 45.7 Å². The lowest BCUT2D eigenvalue weighted by atomic mass is 9.96. The maximum absolute atomic E-state index is 12.0. The number of amides is 1. The predicted molar refractivity (Wildman–Crippen MR) is 194 cm³/mol. The normalized spacial score (nSPS) is 25.0. The fourth-order valence-electron chi connectivity index (χ4n) is 6.15. The average Bonchev–Trinajstić information content (AvgIpc) is 3.15. The molecule has 2 fully saturated rings. The highest BCUT2D eigenvalue weighted by Gasteiger charge is 2.52. The number of hydrogen-bond donors (Lipinski definition) is 1. The van der Waals surface area contributed by atoms with Crippen molar-refractivity contribution >= 4 is 5.91 Å². The molecule has 0 spiro atoms. The maximum atomic E-state index is 12.0. The van der Waals surface area contributed by atoms with Crippen molar-refractivity contribution in [2.45, 2.75) is 154 Å². The average molecular weight is 721 g/mol. The Labute approximate surface area is 305 Å². The minimum absolute atomic E-state index is 0.00430. The Morgan fingerprint density at radius 1 is 0.882 bits per heavy atom. The van der Waals surface area contributed by atoms with E-state index in [2.05, 4.69) is 43.0 Å². The van der Waals surface area contributed by atoms with Gasteiger partial charge in [0.2, 0.25) is 5.91 Å². The molecular weight excluding hydrogens is 656 g/mol. The molecule has 9 atom stereocenters. The highest BCUT2D eigenvalue weighted by atomic mass is 16.8. The van der Waals surface area contributed by atoms with Crippen molar-refractivity contribution in [3.63, 3.8) is 0 Å². The van der Waals surface area contributed by atoms with Crippen LogP contribution in [0.25, 0.3) is 10.4 Å². The van der Waals surface area contributed by atoms with Crippen molar-refractivity contribution in [2.24, 2.45) is 5.11 Å². The molecule has 290 valence electrons. The third-order valence-corrected chi connectivity index (χ3v) is 9.16. The highest BCUT2D eigenvalue weighted by molar-refractivity contribution is 5.75. The maximum Gasteiger partial charge on any atom is 0.219 e. The second-order valence-electron chi connectivity index (χ2n) is 13.2. The van der Waals surface area contributed by atoms with Gasteiger partial charge in [0.15, 0.2) is 12.6 Å². The van der Waals surface area contributed by atoms with Crippen LogP contribution < -0.4 is 5.32 Å². The Balaban J connectivity index is 1.87. The molecule has 0 radical (unpaired) electrons. The molecule has 13 heteroatoms. The number of ether oxygens (including phenoxy) is 8. The number of carbonyl (C=O) groups excluding carboxylic acids is 1. The minimum atomic E-state index is -0.851. The topological polar surface area (TPSA) is 152 Å². The molecule has 0 bridgehead atoms. The Kier molecular flexibility index (Phi) is 21.6. The quantitative estimate of drug-likeness (QED) is 0.0431. The second kappa shape index (κ2) is 25.6. The highest BCUT2D eigenvalue weighted by Crippen LogP contribution is 2.37. The number of hydrogen-bond acceptors (Lipinski definition) is 10. The second-order valence-corrected chi connectivity index (χ2v) is 13.2. The third-order valence-electron chi connectivity index (χ3n) is 9.16. The standard InChI is InChI=1S/C38H64N4O9/c1-6-10-22-44-30(20-17-21-32(43)40-5)33(45-23-11-7-2)29(41-42-39)26-48-38-36(47-25-13-9-4)35(46-24-12-8-3)34-31(50-38)27-49-37(51-34)28-18-15-14-16-19-28/h14-16,18-19,29-31,33-38H,6-13,17,20-27H2,1-5H3,(H,40,43)/t29-,30+,31?,33-,34-,35-,36?,37?,38-/m0/s1. The fourth-order valence-corrected chi connectivity index (χ4v) is 6.15. The van der Waals surface area contributed by atoms with Crippen molar-refractivity contribution in [2.75, 3.05) is 46.7 Å². The lowest BCUT2D eigenvalue weighted by Gasteiger charge is -2.49. The molecule has 1 aromatic carbocycles. The molecule has 3 unspecified atom stereocenters. The van der Waals surface area contributed by atoms with Crippen LogP contribution in [0.2, 0.25) is 0 Å². The monoisotopic (exact) mass is 720 g/mol. The van der Waals surface area contributed by atoms with Crippen molar-refractivity contribution in [1.82, 2.24) is 5.32 Å². The molecule has 3 rings (SSSR count). The zero-order valence-electron chi connectivity index (χ0n) is 31.6. The van der Waals surface area contributed by atoms with Gasteiger partial charge in [-0.1, -0.05) is 88.8 Å². The summed E-state index contributed by atoms with van der Waals surface area (Å²) in [6.45, 7) is 10.7. The first-order valence-electron chi connectivity index (χ1n) is 19.3. The van der Waals surface area contributed by atoms with Gasteiger partial charge in [-0.15, -0.1) is 0 Å². The molecule has 13 nitrogen and oxygen atoms in total. The largest absolute Gasteiger partial charge is 0.376 e. The molecule has 0 aromatic heterocycles. The molecule has 0 aliphatic carbocycles. The van der Waals surface area contributed by atoms with Gasteiger partial charge < -0.3 is 43.2 Å². The van der Waals surface area contributed by atoms with E-state index >= 15 is 0 Å². The summed E-state index contributed by atoms with van der Waals surface area (Å²) in [5.74, 6) is -0.0379. The first-order chi connectivity index (χ1) is 25.0. The summed E-state index contributed by atoms with van der Waals surface area (Å²) in [4.78, 5) is 15.3. The molecule has 1 amide bonds. The van der Waals surface area contributed by atoms with Gasteiger partial charge in [-0.3, -0.25) is 4.79 Å². The van der Waals surface area contributed by atoms with Crippen molar-refractivity contribution in [3.8, 4) is 0 Å². The Bertz CT molecular complexity index is 1110. The number of unbranched alkanes of at least 4 members (excludes halogenated alkanes) is 4. The van der Waals surface area contributed by atoms with E-state index in [-0.39, 0.29) is 19.1 Å². The number of benzene rings is 1. The van der Waals surface area contributed by atoms with Crippen molar-refractivity contribution in [1.29, 1.82) is 0 Å². The summed E-state index contributed by atoms with van der Waals surface area (Å²) in [6, 6.07) is 9.11. The van der Waals surface area contributed by atoms with Crippen LogP contribution in [-0.4, -0.2) is 102 Å². The molecule has 2 saturated heterocycles. The summed E-state index contributed by atoms with van der Waals surface area (Å²) in [6.07, 6.45) is 4.35. The summed E-state index contributed by atoms with van der Waals surface area (Å²) in [5.41, 5.74) is 10.7. The van der Waals surface area contributed by atoms with Gasteiger partial charge in [0, 0.05) is 50.4 Å². The Morgan fingerprint density at radius 3 is 2.18 bits per heavy atom. The SMILES string of the molecule is CCCCOC1[C@@H](OC[C@H](N=[N+]=[N-])[C@H](OCCCC)[C@@H](CCCC(=O)NC)OCCCC)OC2COC(c3ccccc3)O[C@@H]2[C@@H]1OCCCC. The van der Waals surface area contributed by atoms with Gasteiger partial charge in [-0.2, -0.15) is 0 Å². The molecule has 51 heavy (non-hydrogen) atoms.